The fourth-order valence-corrected chi connectivity index (χ4v) is 0.952. The highest BCUT2D eigenvalue weighted by molar-refractivity contribution is 5.86. The van der Waals surface area contributed by atoms with Gasteiger partial charge in [0, 0.05) is 0 Å². The lowest BCUT2D eigenvalue weighted by Crippen LogP contribution is -2.53. The molecule has 0 aliphatic carbocycles. The largest absolute Gasteiger partial charge is 0.453 e. The van der Waals surface area contributed by atoms with Gasteiger partial charge in [0.15, 0.2) is 5.78 Å². The molecule has 15 heavy (non-hydrogen) atoms. The maximum atomic E-state index is 11.0. The first-order chi connectivity index (χ1) is 6.79. The highest BCUT2D eigenvalue weighted by Gasteiger charge is 2.32. The molecule has 0 aromatic rings. The van der Waals surface area contributed by atoms with Gasteiger partial charge in [-0.2, -0.15) is 0 Å². The summed E-state index contributed by atoms with van der Waals surface area (Å²) in [7, 11) is 1.19. The summed E-state index contributed by atoms with van der Waals surface area (Å²) in [6.45, 7) is 8.17. The Hall–Kier alpha value is -1.10. The minimum Gasteiger partial charge on any atom is -0.453 e. The van der Waals surface area contributed by atoms with Crippen LogP contribution >= 0.6 is 0 Å². The molecule has 2 N–H and O–H groups in total. The Morgan fingerprint density at radius 1 is 1.33 bits per heavy atom. The number of ketones is 1. The molecule has 0 rings (SSSR count). The van der Waals surface area contributed by atoms with Crippen LogP contribution in [0.5, 0.6) is 0 Å². The van der Waals surface area contributed by atoms with Gasteiger partial charge in [-0.05, 0) is 20.8 Å². The van der Waals surface area contributed by atoms with Crippen LogP contribution in [0.4, 0.5) is 4.79 Å². The Bertz CT molecular complexity index is 208. The fraction of sp³-hybridized carbons (Fsp3) is 0.800. The second-order valence-corrected chi connectivity index (χ2v) is 3.33. The normalized spacial score (nSPS) is 11.9. The number of amides is 1. The van der Waals surface area contributed by atoms with Gasteiger partial charge in [0.25, 0.3) is 0 Å². The summed E-state index contributed by atoms with van der Waals surface area (Å²) in [5, 5.41) is 11.7. The Morgan fingerprint density at radius 2 is 1.73 bits per heavy atom. The van der Waals surface area contributed by atoms with Crippen LogP contribution in [0.15, 0.2) is 0 Å². The zero-order valence-electron chi connectivity index (χ0n) is 10.2. The molecule has 0 saturated heterocycles. The highest BCUT2D eigenvalue weighted by Crippen LogP contribution is 2.09. The molecule has 0 aromatic carbocycles. The lowest BCUT2D eigenvalue weighted by molar-refractivity contribution is -0.124. The van der Waals surface area contributed by atoms with Crippen molar-refractivity contribution >= 4 is 11.9 Å². The third-order valence-corrected chi connectivity index (χ3v) is 1.56. The number of carbonyl (C=O) groups is 2. The minimum atomic E-state index is -1.29. The van der Waals surface area contributed by atoms with Crippen LogP contribution in [0.25, 0.3) is 0 Å². The molecule has 0 spiro atoms. The van der Waals surface area contributed by atoms with Gasteiger partial charge in [0.2, 0.25) is 0 Å². The first-order valence-electron chi connectivity index (χ1n) is 4.86. The zero-order chi connectivity index (χ0) is 12.6. The third-order valence-electron chi connectivity index (χ3n) is 1.56. The molecule has 1 unspecified atom stereocenters. The first kappa shape index (κ1) is 16.3. The van der Waals surface area contributed by atoms with Gasteiger partial charge >= 0.3 is 6.09 Å². The third kappa shape index (κ3) is 6.90. The van der Waals surface area contributed by atoms with Crippen LogP contribution in [0, 0.1) is 0 Å². The minimum absolute atomic E-state index is 0.321. The van der Waals surface area contributed by atoms with Crippen molar-refractivity contribution in [2.45, 2.75) is 46.3 Å². The molecular formula is C10H21NO4. The van der Waals surface area contributed by atoms with E-state index < -0.39 is 17.7 Å². The van der Waals surface area contributed by atoms with Crippen molar-refractivity contribution in [3.8, 4) is 0 Å². The lowest BCUT2D eigenvalue weighted by atomic mass is 9.96. The van der Waals surface area contributed by atoms with Gasteiger partial charge in [0.05, 0.1) is 12.7 Å². The van der Waals surface area contributed by atoms with Crippen molar-refractivity contribution in [3.05, 3.63) is 0 Å². The SMILES string of the molecule is CC.COC(=O)NC(C(C)=O)C(C)(C)O. The molecule has 0 fully saturated rings. The van der Waals surface area contributed by atoms with E-state index in [1.165, 1.54) is 27.9 Å². The van der Waals surface area contributed by atoms with E-state index >= 15 is 0 Å². The average molecular weight is 219 g/mol. The number of methoxy groups -OCH3 is 1. The monoisotopic (exact) mass is 219 g/mol. The molecule has 0 radical (unpaired) electrons. The van der Waals surface area contributed by atoms with E-state index in [2.05, 4.69) is 10.1 Å². The number of rotatable bonds is 3. The number of hydrogen-bond acceptors (Lipinski definition) is 4. The number of nitrogens with one attached hydrogen (secondary N) is 1. The maximum Gasteiger partial charge on any atom is 0.407 e. The Morgan fingerprint density at radius 3 is 1.93 bits per heavy atom. The van der Waals surface area contributed by atoms with Gasteiger partial charge in [-0.25, -0.2) is 4.79 Å². The summed E-state index contributed by atoms with van der Waals surface area (Å²) in [6.07, 6.45) is -0.734. The lowest BCUT2D eigenvalue weighted by Gasteiger charge is -2.27. The molecule has 5 heteroatoms. The summed E-state index contributed by atoms with van der Waals surface area (Å²) in [5.41, 5.74) is -1.29. The van der Waals surface area contributed by atoms with Crippen molar-refractivity contribution in [2.24, 2.45) is 0 Å². The van der Waals surface area contributed by atoms with Gasteiger partial charge in [-0.1, -0.05) is 13.8 Å². The van der Waals surface area contributed by atoms with Crippen LogP contribution in [0.1, 0.15) is 34.6 Å². The quantitative estimate of drug-likeness (QED) is 0.745. The molecule has 0 heterocycles. The van der Waals surface area contributed by atoms with E-state index in [1.807, 2.05) is 13.8 Å². The second kappa shape index (κ2) is 7.23. The average Bonchev–Trinajstić information content (AvgIpc) is 2.14. The molecule has 5 nitrogen and oxygen atoms in total. The van der Waals surface area contributed by atoms with E-state index in [4.69, 9.17) is 0 Å². The van der Waals surface area contributed by atoms with Gasteiger partial charge < -0.3 is 15.2 Å². The van der Waals surface area contributed by atoms with Crippen molar-refractivity contribution in [2.75, 3.05) is 7.11 Å². The summed E-state index contributed by atoms with van der Waals surface area (Å²) < 4.78 is 4.31. The number of hydrogen-bond donors (Lipinski definition) is 2. The molecule has 0 saturated carbocycles. The fourth-order valence-electron chi connectivity index (χ4n) is 0.952. The predicted molar refractivity (Wildman–Crippen MR) is 57.7 cm³/mol. The Kier molecular flexibility index (Phi) is 7.87. The second-order valence-electron chi connectivity index (χ2n) is 3.33. The van der Waals surface area contributed by atoms with E-state index in [-0.39, 0.29) is 5.78 Å². The van der Waals surface area contributed by atoms with Crippen molar-refractivity contribution in [1.82, 2.24) is 5.32 Å². The van der Waals surface area contributed by atoms with Gasteiger partial charge in [-0.3, -0.25) is 4.79 Å². The van der Waals surface area contributed by atoms with Crippen LogP contribution in [-0.2, 0) is 9.53 Å². The van der Waals surface area contributed by atoms with Crippen molar-refractivity contribution in [3.63, 3.8) is 0 Å². The van der Waals surface area contributed by atoms with Gasteiger partial charge in [0.1, 0.15) is 6.04 Å². The van der Waals surface area contributed by atoms with Crippen molar-refractivity contribution < 1.29 is 19.4 Å². The van der Waals surface area contributed by atoms with Crippen LogP contribution in [0.2, 0.25) is 0 Å². The number of alkyl carbamates (subject to hydrolysis) is 1. The molecule has 0 bridgehead atoms. The first-order valence-corrected chi connectivity index (χ1v) is 4.86. The molecule has 0 aliphatic heterocycles. The predicted octanol–water partition coefficient (Wildman–Crippen LogP) is 1.10. The number of ether oxygens (including phenoxy) is 1. The summed E-state index contributed by atoms with van der Waals surface area (Å²) >= 11 is 0. The molecule has 1 amide bonds. The molecule has 0 aromatic heterocycles. The zero-order valence-corrected chi connectivity index (χ0v) is 10.2. The van der Waals surface area contributed by atoms with Crippen LogP contribution in [-0.4, -0.2) is 35.7 Å². The standard InChI is InChI=1S/C8H15NO4.C2H6/c1-5(10)6(8(2,3)12)9-7(11)13-4;1-2/h6,12H,1-4H3,(H,9,11);1-2H3. The van der Waals surface area contributed by atoms with Gasteiger partial charge in [-0.15, -0.1) is 0 Å². The molecule has 90 valence electrons. The van der Waals surface area contributed by atoms with E-state index in [9.17, 15) is 14.7 Å². The van der Waals surface area contributed by atoms with E-state index in [1.54, 1.807) is 0 Å². The number of Topliss-reactive ketones (excluding diaryl/α,β-unsaturated/α-hetero) is 1. The van der Waals surface area contributed by atoms with Crippen LogP contribution < -0.4 is 5.32 Å². The summed E-state index contributed by atoms with van der Waals surface area (Å²) in [5.74, 6) is -0.321. The summed E-state index contributed by atoms with van der Waals surface area (Å²) in [6, 6.07) is -0.944. The Balaban J connectivity index is 0. The molecular weight excluding hydrogens is 198 g/mol. The summed E-state index contributed by atoms with van der Waals surface area (Å²) in [4.78, 5) is 21.8. The van der Waals surface area contributed by atoms with Crippen molar-refractivity contribution in [1.29, 1.82) is 0 Å². The maximum absolute atomic E-state index is 11.0. The molecule has 1 atom stereocenters. The van der Waals surface area contributed by atoms with Crippen LogP contribution in [0.3, 0.4) is 0 Å². The van der Waals surface area contributed by atoms with E-state index in [0.29, 0.717) is 0 Å². The highest BCUT2D eigenvalue weighted by atomic mass is 16.5. The topological polar surface area (TPSA) is 75.6 Å². The molecule has 0 aliphatic rings. The number of carbonyl (C=O) groups excluding carboxylic acids is 2. The number of aliphatic hydroxyl groups is 1. The van der Waals surface area contributed by atoms with E-state index in [0.717, 1.165) is 0 Å². The Labute approximate surface area is 90.8 Å². The smallest absolute Gasteiger partial charge is 0.407 e.